The predicted molar refractivity (Wildman–Crippen MR) is 510 cm³/mol. The molecule has 0 nitrogen and oxygen atoms in total. The van der Waals surface area contributed by atoms with Crippen LogP contribution in [0.1, 0.15) is 617 Å². The van der Waals surface area contributed by atoms with E-state index in [1.54, 1.807) is 0 Å². The summed E-state index contributed by atoms with van der Waals surface area (Å²) in [6.45, 7) is 60.6. The molecule has 2 fully saturated rings. The highest BCUT2D eigenvalue weighted by atomic mass is 14.3. The molecule has 0 aliphatic heterocycles. The highest BCUT2D eigenvalue weighted by molar-refractivity contribution is 4.78. The van der Waals surface area contributed by atoms with Gasteiger partial charge in [-0.1, -0.05) is 572 Å². The van der Waals surface area contributed by atoms with Gasteiger partial charge in [-0.05, 0) is 128 Å². The van der Waals surface area contributed by atoms with Crippen molar-refractivity contribution in [2.45, 2.75) is 617 Å². The molecule has 0 aromatic carbocycles. The Bertz CT molecular complexity index is 1360. The largest absolute Gasteiger partial charge is 0.0654 e. The van der Waals surface area contributed by atoms with Crippen LogP contribution in [-0.4, -0.2) is 0 Å². The second kappa shape index (κ2) is 99.4. The first-order valence-electron chi connectivity index (χ1n) is 52.5. The van der Waals surface area contributed by atoms with Crippen molar-refractivity contribution in [2.24, 2.45) is 82.9 Å². The van der Waals surface area contributed by atoms with E-state index >= 15 is 0 Å². The summed E-state index contributed by atoms with van der Waals surface area (Å²) in [7, 11) is 0. The first-order chi connectivity index (χ1) is 52.5. The first kappa shape index (κ1) is 119. The van der Waals surface area contributed by atoms with E-state index in [0.717, 1.165) is 82.9 Å². The molecule has 0 spiro atoms. The molecule has 0 radical (unpaired) electrons. The third-order valence-electron chi connectivity index (χ3n) is 27.9. The molecule has 0 heteroatoms. The molecule has 2 saturated carbocycles. The lowest BCUT2D eigenvalue weighted by Crippen LogP contribution is -2.21. The molecular formula is C108H228. The van der Waals surface area contributed by atoms with E-state index in [2.05, 4.69) is 180 Å². The summed E-state index contributed by atoms with van der Waals surface area (Å²) < 4.78 is 0. The average molecular weight is 1530 g/mol. The van der Waals surface area contributed by atoms with Gasteiger partial charge in [0.05, 0.1) is 0 Å². The third kappa shape index (κ3) is 83.9. The Hall–Kier alpha value is 0. The zero-order chi connectivity index (χ0) is 82.2. The van der Waals surface area contributed by atoms with Crippen molar-refractivity contribution in [3.05, 3.63) is 0 Å². The molecule has 108 heavy (non-hydrogen) atoms. The van der Waals surface area contributed by atoms with Crippen LogP contribution < -0.4 is 0 Å². The fourth-order valence-electron chi connectivity index (χ4n) is 18.3. The van der Waals surface area contributed by atoms with Crippen molar-refractivity contribution in [3.8, 4) is 0 Å². The molecule has 0 heterocycles. The van der Waals surface area contributed by atoms with Gasteiger partial charge < -0.3 is 0 Å². The maximum absolute atomic E-state index is 2.39. The topological polar surface area (TPSA) is 0 Å². The zero-order valence-electron chi connectivity index (χ0n) is 82.2. The van der Waals surface area contributed by atoms with E-state index in [0.29, 0.717) is 0 Å². The Balaban J connectivity index is -0.000000276. The summed E-state index contributed by atoms with van der Waals surface area (Å²) in [5.41, 5.74) is 0. The molecule has 0 amide bonds. The average Bonchev–Trinajstić information content (AvgIpc) is 0.882. The monoisotopic (exact) mass is 1530 g/mol. The van der Waals surface area contributed by atoms with E-state index in [9.17, 15) is 0 Å². The quantitative estimate of drug-likeness (QED) is 0.0533. The van der Waals surface area contributed by atoms with Gasteiger partial charge in [-0.2, -0.15) is 0 Å². The standard InChI is InChI=1S/C16H32.C14H28.6C13H28/c1-5-13-9-14(6-2)11-16(8-4)12-15(7-3)10-13;1-4-12-8-7-9-13(5-2)11-14(6-3)10-12;1-5-12(6-2)10-9-11-13(7-3)8-4;1-5-9-10-13(8-4)11-12(6-2)7-3;1-4-7-8-9-10-11-12-13(5-2)6-3;1-4-7-9-10-12-13(6-3)11-8-5-2;1-4-7-10-13(11-8-5-2)12-9-6-3;1-3-5-7-9-11-13-12-10-8-6-4-2/h13-16H,5-12H2,1-4H3;12-14H,4-11H2,1-3H3;2*12-13H,5-11H2,1-4H3;3*13H,4-12H2,1-3H3;3-13H2,1-2H3. The number of hydrogen-bond acceptors (Lipinski definition) is 0. The lowest BCUT2D eigenvalue weighted by molar-refractivity contribution is 0.183. The minimum absolute atomic E-state index is 0.988. The molecule has 0 bridgehead atoms. The number of hydrogen-bond donors (Lipinski definition) is 0. The van der Waals surface area contributed by atoms with Crippen LogP contribution in [0.3, 0.4) is 0 Å². The highest BCUT2D eigenvalue weighted by Gasteiger charge is 2.26. The molecule has 0 N–H and O–H groups in total. The van der Waals surface area contributed by atoms with Crippen LogP contribution in [0.2, 0.25) is 0 Å². The summed E-state index contributed by atoms with van der Waals surface area (Å²) in [5, 5.41) is 0. The van der Waals surface area contributed by atoms with Gasteiger partial charge in [-0.15, -0.1) is 0 Å². The van der Waals surface area contributed by atoms with Crippen molar-refractivity contribution in [3.63, 3.8) is 0 Å². The highest BCUT2D eigenvalue weighted by Crippen LogP contribution is 2.39. The minimum atomic E-state index is 0.988. The Morgan fingerprint density at radius 1 is 0.157 bits per heavy atom. The van der Waals surface area contributed by atoms with Crippen LogP contribution >= 0.6 is 0 Å². The fraction of sp³-hybridized carbons (Fsp3) is 1.00. The van der Waals surface area contributed by atoms with Crippen molar-refractivity contribution in [1.29, 1.82) is 0 Å². The molecule has 0 saturated heterocycles. The summed E-state index contributed by atoms with van der Waals surface area (Å²) in [4.78, 5) is 0. The number of rotatable bonds is 60. The molecule has 660 valence electrons. The van der Waals surface area contributed by atoms with Gasteiger partial charge >= 0.3 is 0 Å². The fourth-order valence-corrected chi connectivity index (χ4v) is 18.3. The second-order valence-corrected chi connectivity index (χ2v) is 36.9. The third-order valence-corrected chi connectivity index (χ3v) is 27.9. The van der Waals surface area contributed by atoms with Crippen LogP contribution in [-0.2, 0) is 0 Å². The van der Waals surface area contributed by atoms with E-state index in [1.165, 1.54) is 437 Å². The van der Waals surface area contributed by atoms with Crippen LogP contribution in [0, 0.1) is 82.9 Å². The summed E-state index contributed by atoms with van der Waals surface area (Å²) >= 11 is 0. The van der Waals surface area contributed by atoms with Crippen molar-refractivity contribution < 1.29 is 0 Å². The van der Waals surface area contributed by atoms with Gasteiger partial charge in [-0.25, -0.2) is 0 Å². The lowest BCUT2D eigenvalue weighted by atomic mass is 9.72. The Morgan fingerprint density at radius 3 is 0.583 bits per heavy atom. The van der Waals surface area contributed by atoms with Crippen molar-refractivity contribution in [2.75, 3.05) is 0 Å². The maximum atomic E-state index is 2.39. The smallest absolute Gasteiger partial charge is 0.0412 e. The van der Waals surface area contributed by atoms with E-state index in [1.807, 2.05) is 0 Å². The summed E-state index contributed by atoms with van der Waals surface area (Å²) in [5.74, 6) is 14.2. The van der Waals surface area contributed by atoms with Crippen LogP contribution in [0.25, 0.3) is 0 Å². The van der Waals surface area contributed by atoms with Crippen LogP contribution in [0.4, 0.5) is 0 Å². The predicted octanol–water partition coefficient (Wildman–Crippen LogP) is 41.6. The molecule has 2 aliphatic rings. The minimum Gasteiger partial charge on any atom is -0.0654 e. The molecule has 4 unspecified atom stereocenters. The van der Waals surface area contributed by atoms with E-state index in [4.69, 9.17) is 0 Å². The van der Waals surface area contributed by atoms with Crippen molar-refractivity contribution in [1.82, 2.24) is 0 Å². The van der Waals surface area contributed by atoms with E-state index in [-0.39, 0.29) is 0 Å². The second-order valence-electron chi connectivity index (χ2n) is 36.9. The Labute approximate surface area is 695 Å². The molecule has 2 rings (SSSR count). The molecule has 2 aliphatic carbocycles. The van der Waals surface area contributed by atoms with Gasteiger partial charge in [0.25, 0.3) is 0 Å². The summed E-state index contributed by atoms with van der Waals surface area (Å²) in [6.07, 6.45) is 97.8. The van der Waals surface area contributed by atoms with Gasteiger partial charge in [0, 0.05) is 0 Å². The van der Waals surface area contributed by atoms with Gasteiger partial charge in [0.2, 0.25) is 0 Å². The lowest BCUT2D eigenvalue weighted by Gasteiger charge is -2.33. The van der Waals surface area contributed by atoms with Crippen molar-refractivity contribution >= 4 is 0 Å². The van der Waals surface area contributed by atoms with Gasteiger partial charge in [-0.3, -0.25) is 0 Å². The molecular weight excluding hydrogens is 1300 g/mol. The normalized spacial score (nSPS) is 18.5. The van der Waals surface area contributed by atoms with Crippen LogP contribution in [0.15, 0.2) is 0 Å². The van der Waals surface area contributed by atoms with Gasteiger partial charge in [0.15, 0.2) is 0 Å². The molecule has 0 aromatic heterocycles. The first-order valence-corrected chi connectivity index (χ1v) is 52.5. The zero-order valence-corrected chi connectivity index (χ0v) is 82.2. The molecule has 4 atom stereocenters. The van der Waals surface area contributed by atoms with Crippen LogP contribution in [0.5, 0.6) is 0 Å². The molecule has 0 aromatic rings. The van der Waals surface area contributed by atoms with Gasteiger partial charge in [0.1, 0.15) is 0 Å². The summed E-state index contributed by atoms with van der Waals surface area (Å²) in [6, 6.07) is 0. The SMILES string of the molecule is CCC(CC)CCCC(CC)CC.CCC1CC(CC)CC(CC)CC(CC)C1.CCC1CCCC(CC)CC(CC)C1.CCCCC(CC)CC(CC)CC.CCCCC(CCCC)CCCC.CCCCCCC(CC)CCCC.CCCCCCCCC(CC)CC.CCCCCCCCCCCCC. The maximum Gasteiger partial charge on any atom is -0.0412 e. The van der Waals surface area contributed by atoms with E-state index < -0.39 is 0 Å². The Kier molecular flexibility index (Phi) is 109. The Morgan fingerprint density at radius 2 is 0.343 bits per heavy atom. The number of unbranched alkanes of at least 4 members (excludes halogenated alkanes) is 23.